The fourth-order valence-corrected chi connectivity index (χ4v) is 4.50. The molecule has 44 heavy (non-hydrogen) atoms. The van der Waals surface area contributed by atoms with Gasteiger partial charge in [-0.05, 0) is 37.2 Å². The maximum Gasteiger partial charge on any atom is 0.408 e. The Labute approximate surface area is 260 Å². The minimum Gasteiger partial charge on any atom is -0.445 e. The fourth-order valence-electron chi connectivity index (χ4n) is 4.03. The van der Waals surface area contributed by atoms with E-state index < -0.39 is 63.7 Å². The molecule has 5 atom stereocenters. The molecule has 0 bridgehead atoms. The summed E-state index contributed by atoms with van der Waals surface area (Å²) in [6.07, 6.45) is 2.18. The molecule has 0 unspecified atom stereocenters. The highest BCUT2D eigenvalue weighted by molar-refractivity contribution is 7.93. The molecule has 0 spiro atoms. The van der Waals surface area contributed by atoms with Gasteiger partial charge in [-0.3, -0.25) is 19.2 Å². The van der Waals surface area contributed by atoms with Crippen LogP contribution in [0, 0.1) is 11.8 Å². The van der Waals surface area contributed by atoms with Crippen LogP contribution >= 0.6 is 0 Å². The van der Waals surface area contributed by atoms with Crippen molar-refractivity contribution in [2.45, 2.75) is 91.1 Å². The summed E-state index contributed by atoms with van der Waals surface area (Å²) in [5, 5.41) is 11.4. The van der Waals surface area contributed by atoms with Gasteiger partial charge in [-0.1, -0.05) is 70.5 Å². The summed E-state index contributed by atoms with van der Waals surface area (Å²) in [4.78, 5) is 63.4. The number of ether oxygens (including phenoxy) is 1. The summed E-state index contributed by atoms with van der Waals surface area (Å²) < 4.78 is 28.4. The topological polar surface area (TPSA) is 203 Å². The maximum atomic E-state index is 13.3. The van der Waals surface area contributed by atoms with Gasteiger partial charge in [0.15, 0.2) is 9.84 Å². The third-order valence-electron chi connectivity index (χ3n) is 6.66. The second-order valence-corrected chi connectivity index (χ2v) is 13.2. The van der Waals surface area contributed by atoms with Crippen LogP contribution in [0.15, 0.2) is 41.8 Å². The van der Waals surface area contributed by atoms with E-state index in [-0.39, 0.29) is 31.3 Å². The number of carbonyl (C=O) groups excluding carboxylic acids is 5. The van der Waals surface area contributed by atoms with Gasteiger partial charge >= 0.3 is 6.09 Å². The molecule has 246 valence electrons. The molecule has 0 aliphatic rings. The van der Waals surface area contributed by atoms with Crippen molar-refractivity contribution < 1.29 is 37.1 Å². The summed E-state index contributed by atoms with van der Waals surface area (Å²) >= 11 is 0. The number of nitrogens with two attached hydrogens (primary N) is 1. The van der Waals surface area contributed by atoms with Crippen molar-refractivity contribution in [2.24, 2.45) is 17.6 Å². The van der Waals surface area contributed by atoms with E-state index in [1.165, 1.54) is 13.0 Å². The Balaban J connectivity index is 2.98. The van der Waals surface area contributed by atoms with Crippen molar-refractivity contribution >= 4 is 39.6 Å². The molecule has 0 fully saturated rings. The summed E-state index contributed by atoms with van der Waals surface area (Å²) in [5.74, 6) is -2.92. The molecule has 0 aliphatic heterocycles. The predicted octanol–water partition coefficient (Wildman–Crippen LogP) is 1.67. The number of primary amides is 1. The molecular formula is C30H47N5O8S. The van der Waals surface area contributed by atoms with Crippen molar-refractivity contribution in [1.29, 1.82) is 0 Å². The minimum atomic E-state index is -3.42. The molecule has 0 aromatic heterocycles. The van der Waals surface area contributed by atoms with Crippen LogP contribution in [0.2, 0.25) is 0 Å². The monoisotopic (exact) mass is 637 g/mol. The molecule has 0 radical (unpaired) electrons. The lowest BCUT2D eigenvalue weighted by atomic mass is 9.97. The zero-order chi connectivity index (χ0) is 33.4. The Morgan fingerprint density at radius 2 is 1.55 bits per heavy atom. The Kier molecular flexibility index (Phi) is 16.2. The Bertz CT molecular complexity index is 1250. The smallest absolute Gasteiger partial charge is 0.408 e. The van der Waals surface area contributed by atoms with Crippen molar-refractivity contribution in [1.82, 2.24) is 21.3 Å². The van der Waals surface area contributed by atoms with Crippen LogP contribution in [-0.4, -0.2) is 68.6 Å². The van der Waals surface area contributed by atoms with Crippen LogP contribution in [0.5, 0.6) is 0 Å². The molecule has 1 aromatic rings. The highest BCUT2D eigenvalue weighted by atomic mass is 32.2. The van der Waals surface area contributed by atoms with Crippen LogP contribution in [0.1, 0.15) is 65.9 Å². The van der Waals surface area contributed by atoms with Crippen LogP contribution < -0.4 is 27.0 Å². The number of alkyl carbamates (subject to hydrolysis) is 1. The van der Waals surface area contributed by atoms with Gasteiger partial charge in [0.1, 0.15) is 24.7 Å². The average molecular weight is 638 g/mol. The molecule has 0 heterocycles. The number of amides is 5. The number of nitrogens with one attached hydrogen (secondary N) is 4. The summed E-state index contributed by atoms with van der Waals surface area (Å²) in [7, 11) is -3.42. The lowest BCUT2D eigenvalue weighted by molar-refractivity contribution is -0.133. The van der Waals surface area contributed by atoms with E-state index in [1.54, 1.807) is 31.2 Å². The van der Waals surface area contributed by atoms with Gasteiger partial charge in [-0.15, -0.1) is 0 Å². The standard InChI is InChI=1S/C30H47N5O8S/c1-7-20(4)26(35-30(40)43-18-22-11-9-8-10-12-22)29(39)34-24(13-14-25(31)36)28(38)32-21(5)27(37)33-23(17-19(2)3)15-16-44(6,41)42/h8-12,15-16,19-21,23-24,26H,7,13-14,17-18H2,1-6H3,(H2,31,36)(H,32,38)(H,33,37)(H,34,39)(H,35,40)/b16-15+/t20-,21-,23+,24-,26-/m0/s1. The van der Waals surface area contributed by atoms with Crippen LogP contribution in [0.3, 0.4) is 0 Å². The van der Waals surface area contributed by atoms with Gasteiger partial charge in [-0.25, -0.2) is 13.2 Å². The van der Waals surface area contributed by atoms with Gasteiger partial charge in [0.05, 0.1) is 0 Å². The first kappa shape index (κ1) is 38.1. The van der Waals surface area contributed by atoms with Gasteiger partial charge in [0.2, 0.25) is 23.6 Å². The zero-order valence-corrected chi connectivity index (χ0v) is 27.1. The predicted molar refractivity (Wildman–Crippen MR) is 166 cm³/mol. The first-order valence-electron chi connectivity index (χ1n) is 14.6. The SMILES string of the molecule is CC[C@H](C)[C@H](NC(=O)OCc1ccccc1)C(=O)N[C@@H](CCC(N)=O)C(=O)N[C@@H](C)C(=O)N[C@H](/C=C/S(C)(=O)=O)CC(C)C. The minimum absolute atomic E-state index is 0.00676. The second-order valence-electron chi connectivity index (χ2n) is 11.3. The molecule has 0 saturated carbocycles. The van der Waals surface area contributed by atoms with E-state index in [2.05, 4.69) is 21.3 Å². The van der Waals surface area contributed by atoms with Crippen molar-refractivity contribution in [3.63, 3.8) is 0 Å². The van der Waals surface area contributed by atoms with E-state index >= 15 is 0 Å². The zero-order valence-electron chi connectivity index (χ0n) is 26.3. The number of benzene rings is 1. The fraction of sp³-hybridized carbons (Fsp3) is 0.567. The maximum absolute atomic E-state index is 13.3. The van der Waals surface area contributed by atoms with Crippen molar-refractivity contribution in [3.8, 4) is 0 Å². The van der Waals surface area contributed by atoms with E-state index in [0.717, 1.165) is 17.2 Å². The Hall–Kier alpha value is -3.94. The largest absolute Gasteiger partial charge is 0.445 e. The molecular weight excluding hydrogens is 590 g/mol. The summed E-state index contributed by atoms with van der Waals surface area (Å²) in [6.45, 7) is 8.83. The molecule has 14 heteroatoms. The van der Waals surface area contributed by atoms with E-state index in [1.807, 2.05) is 26.8 Å². The second kappa shape index (κ2) is 18.7. The molecule has 1 aromatic carbocycles. The Morgan fingerprint density at radius 1 is 0.909 bits per heavy atom. The molecule has 0 aliphatic carbocycles. The highest BCUT2D eigenvalue weighted by Gasteiger charge is 2.31. The number of carbonyl (C=O) groups is 5. The molecule has 0 saturated heterocycles. The van der Waals surface area contributed by atoms with Crippen LogP contribution in [0.25, 0.3) is 0 Å². The number of hydrogen-bond donors (Lipinski definition) is 5. The van der Waals surface area contributed by atoms with Gasteiger partial charge in [0.25, 0.3) is 0 Å². The summed E-state index contributed by atoms with van der Waals surface area (Å²) in [5.41, 5.74) is 6.04. The molecule has 6 N–H and O–H groups in total. The highest BCUT2D eigenvalue weighted by Crippen LogP contribution is 2.11. The quantitative estimate of drug-likeness (QED) is 0.160. The van der Waals surface area contributed by atoms with E-state index in [4.69, 9.17) is 10.5 Å². The van der Waals surface area contributed by atoms with Crippen molar-refractivity contribution in [2.75, 3.05) is 6.26 Å². The first-order chi connectivity index (χ1) is 20.5. The van der Waals surface area contributed by atoms with Gasteiger partial charge < -0.3 is 31.7 Å². The van der Waals surface area contributed by atoms with E-state index in [9.17, 15) is 32.4 Å². The average Bonchev–Trinajstić information content (AvgIpc) is 2.94. The first-order valence-corrected chi connectivity index (χ1v) is 16.5. The van der Waals surface area contributed by atoms with Crippen molar-refractivity contribution in [3.05, 3.63) is 47.4 Å². The van der Waals surface area contributed by atoms with E-state index in [0.29, 0.717) is 12.8 Å². The number of sulfone groups is 1. The lowest BCUT2D eigenvalue weighted by Gasteiger charge is -2.27. The van der Waals surface area contributed by atoms with Gasteiger partial charge in [-0.2, -0.15) is 0 Å². The number of hydrogen-bond acceptors (Lipinski definition) is 8. The molecule has 1 rings (SSSR count). The third-order valence-corrected chi connectivity index (χ3v) is 7.31. The third kappa shape index (κ3) is 15.5. The number of rotatable bonds is 18. The van der Waals surface area contributed by atoms with Gasteiger partial charge in [0, 0.05) is 24.1 Å². The normalized spacial score (nSPS) is 15.0. The van der Waals surface area contributed by atoms with Crippen LogP contribution in [0.4, 0.5) is 4.79 Å². The molecule has 13 nitrogen and oxygen atoms in total. The van der Waals surface area contributed by atoms with Crippen LogP contribution in [-0.2, 0) is 40.4 Å². The lowest BCUT2D eigenvalue weighted by Crippen LogP contribution is -2.58. The Morgan fingerprint density at radius 3 is 2.09 bits per heavy atom. The molecule has 5 amide bonds. The summed E-state index contributed by atoms with van der Waals surface area (Å²) in [6, 6.07) is 4.99.